The van der Waals surface area contributed by atoms with E-state index in [9.17, 15) is 4.79 Å². The van der Waals surface area contributed by atoms with Crippen LogP contribution >= 0.6 is 0 Å². The smallest absolute Gasteiger partial charge is 0.316 e. The van der Waals surface area contributed by atoms with Crippen molar-refractivity contribution in [1.82, 2.24) is 4.98 Å². The third-order valence-electron chi connectivity index (χ3n) is 3.03. The molecule has 0 saturated carbocycles. The molecule has 0 N–H and O–H groups in total. The first-order chi connectivity index (χ1) is 10.2. The van der Waals surface area contributed by atoms with E-state index in [0.29, 0.717) is 11.5 Å². The summed E-state index contributed by atoms with van der Waals surface area (Å²) in [5.74, 6) is 0.412. The van der Waals surface area contributed by atoms with Gasteiger partial charge in [0, 0.05) is 6.20 Å². The van der Waals surface area contributed by atoms with Crippen LogP contribution in [0.3, 0.4) is 0 Å². The fraction of sp³-hybridized carbons (Fsp3) is 0.250. The van der Waals surface area contributed by atoms with Gasteiger partial charge in [-0.05, 0) is 29.8 Å². The zero-order valence-corrected chi connectivity index (χ0v) is 12.0. The van der Waals surface area contributed by atoms with Crippen molar-refractivity contribution in [3.05, 3.63) is 54.4 Å². The molecule has 0 saturated heterocycles. The number of benzene rings is 1. The van der Waals surface area contributed by atoms with Gasteiger partial charge in [0.1, 0.15) is 24.0 Å². The molecule has 110 valence electrons. The van der Waals surface area contributed by atoms with Crippen LogP contribution in [0.4, 0.5) is 0 Å². The van der Waals surface area contributed by atoms with Gasteiger partial charge in [0.2, 0.25) is 0 Å². The van der Waals surface area contributed by atoms with Crippen LogP contribution in [0.25, 0.3) is 0 Å². The minimum atomic E-state index is -0.523. The summed E-state index contributed by atoms with van der Waals surface area (Å²) in [6.07, 6.45) is 3.26. The van der Waals surface area contributed by atoms with Crippen molar-refractivity contribution in [3.63, 3.8) is 0 Å². The Morgan fingerprint density at radius 3 is 2.67 bits per heavy atom. The predicted molar refractivity (Wildman–Crippen MR) is 77.5 cm³/mol. The lowest BCUT2D eigenvalue weighted by Crippen LogP contribution is -2.21. The van der Waals surface area contributed by atoms with Crippen molar-refractivity contribution in [2.45, 2.75) is 5.92 Å². The third-order valence-corrected chi connectivity index (χ3v) is 3.03. The minimum absolute atomic E-state index is 0.172. The predicted octanol–water partition coefficient (Wildman–Crippen LogP) is 2.43. The number of nitrogens with zero attached hydrogens (tertiary/aromatic N) is 1. The van der Waals surface area contributed by atoms with Gasteiger partial charge in [-0.3, -0.25) is 9.78 Å². The molecule has 0 aliphatic rings. The van der Waals surface area contributed by atoms with Gasteiger partial charge in [-0.2, -0.15) is 0 Å². The summed E-state index contributed by atoms with van der Waals surface area (Å²) in [7, 11) is 2.94. The van der Waals surface area contributed by atoms with Crippen molar-refractivity contribution >= 4 is 5.97 Å². The number of aromatic nitrogens is 1. The molecule has 0 fully saturated rings. The summed E-state index contributed by atoms with van der Waals surface area (Å²) < 4.78 is 15.6. The molecular formula is C16H17NO4. The highest BCUT2D eigenvalue weighted by molar-refractivity contribution is 5.78. The summed E-state index contributed by atoms with van der Waals surface area (Å²) in [6.45, 7) is 0.172. The molecule has 1 atom stereocenters. The molecule has 2 aromatic rings. The number of ether oxygens (including phenoxy) is 3. The number of rotatable bonds is 6. The Morgan fingerprint density at radius 2 is 2.00 bits per heavy atom. The monoisotopic (exact) mass is 287 g/mol. The van der Waals surface area contributed by atoms with Gasteiger partial charge in [0.05, 0.1) is 20.4 Å². The molecule has 1 aromatic carbocycles. The molecular weight excluding hydrogens is 270 g/mol. The highest BCUT2D eigenvalue weighted by Crippen LogP contribution is 2.23. The summed E-state index contributed by atoms with van der Waals surface area (Å²) in [5, 5.41) is 0. The van der Waals surface area contributed by atoms with Crippen LogP contribution in [0.2, 0.25) is 0 Å². The molecule has 21 heavy (non-hydrogen) atoms. The number of methoxy groups -OCH3 is 2. The fourth-order valence-corrected chi connectivity index (χ4v) is 1.91. The highest BCUT2D eigenvalue weighted by atomic mass is 16.5. The molecule has 1 heterocycles. The zero-order valence-electron chi connectivity index (χ0n) is 12.0. The van der Waals surface area contributed by atoms with Crippen molar-refractivity contribution in [1.29, 1.82) is 0 Å². The second-order valence-corrected chi connectivity index (χ2v) is 4.35. The van der Waals surface area contributed by atoms with Crippen LogP contribution in [0.5, 0.6) is 11.5 Å². The quantitative estimate of drug-likeness (QED) is 0.764. The van der Waals surface area contributed by atoms with Crippen molar-refractivity contribution in [2.24, 2.45) is 0 Å². The van der Waals surface area contributed by atoms with Crippen LogP contribution in [0, 0.1) is 0 Å². The Hall–Kier alpha value is -2.56. The molecule has 0 aliphatic heterocycles. The molecule has 0 bridgehead atoms. The average Bonchev–Trinajstić information content (AvgIpc) is 2.56. The van der Waals surface area contributed by atoms with Gasteiger partial charge in [-0.25, -0.2) is 0 Å². The van der Waals surface area contributed by atoms with E-state index in [0.717, 1.165) is 5.56 Å². The lowest BCUT2D eigenvalue weighted by molar-refractivity contribution is -0.143. The number of pyridine rings is 1. The van der Waals surface area contributed by atoms with E-state index in [1.807, 2.05) is 18.2 Å². The summed E-state index contributed by atoms with van der Waals surface area (Å²) in [6, 6.07) is 10.8. The van der Waals surface area contributed by atoms with E-state index in [-0.39, 0.29) is 12.6 Å². The molecule has 0 radical (unpaired) electrons. The number of hydrogen-bond acceptors (Lipinski definition) is 5. The topological polar surface area (TPSA) is 57.7 Å². The van der Waals surface area contributed by atoms with Crippen LogP contribution in [0.15, 0.2) is 48.8 Å². The van der Waals surface area contributed by atoms with Crippen LogP contribution in [0.1, 0.15) is 11.5 Å². The molecule has 5 nitrogen and oxygen atoms in total. The van der Waals surface area contributed by atoms with Gasteiger partial charge >= 0.3 is 5.97 Å². The molecule has 1 unspecified atom stereocenters. The van der Waals surface area contributed by atoms with E-state index < -0.39 is 5.92 Å². The fourth-order valence-electron chi connectivity index (χ4n) is 1.91. The van der Waals surface area contributed by atoms with E-state index in [4.69, 9.17) is 14.2 Å². The van der Waals surface area contributed by atoms with Gasteiger partial charge in [-0.15, -0.1) is 0 Å². The van der Waals surface area contributed by atoms with Crippen LogP contribution in [-0.4, -0.2) is 31.8 Å². The highest BCUT2D eigenvalue weighted by Gasteiger charge is 2.23. The number of hydrogen-bond donors (Lipinski definition) is 0. The lowest BCUT2D eigenvalue weighted by atomic mass is 10.00. The maximum atomic E-state index is 12.0. The van der Waals surface area contributed by atoms with Gasteiger partial charge < -0.3 is 14.2 Å². The summed E-state index contributed by atoms with van der Waals surface area (Å²) in [4.78, 5) is 15.9. The molecule has 0 spiro atoms. The SMILES string of the molecule is COC(=O)C(COc1cccnc1)c1cccc(OC)c1. The van der Waals surface area contributed by atoms with E-state index in [1.165, 1.54) is 7.11 Å². The Balaban J connectivity index is 2.16. The first-order valence-electron chi connectivity index (χ1n) is 6.49. The molecule has 0 amide bonds. The van der Waals surface area contributed by atoms with Crippen molar-refractivity contribution < 1.29 is 19.0 Å². The Bertz CT molecular complexity index is 586. The van der Waals surface area contributed by atoms with E-state index >= 15 is 0 Å². The molecule has 1 aromatic heterocycles. The third kappa shape index (κ3) is 3.95. The zero-order chi connectivity index (χ0) is 15.1. The number of carbonyl (C=O) groups is 1. The van der Waals surface area contributed by atoms with Crippen LogP contribution in [-0.2, 0) is 9.53 Å². The maximum absolute atomic E-state index is 12.0. The van der Waals surface area contributed by atoms with E-state index in [1.54, 1.807) is 37.7 Å². The number of esters is 1. The normalized spacial score (nSPS) is 11.5. The lowest BCUT2D eigenvalue weighted by Gasteiger charge is -2.16. The van der Waals surface area contributed by atoms with E-state index in [2.05, 4.69) is 4.98 Å². The summed E-state index contributed by atoms with van der Waals surface area (Å²) >= 11 is 0. The minimum Gasteiger partial charge on any atom is -0.497 e. The molecule has 2 rings (SSSR count). The van der Waals surface area contributed by atoms with Gasteiger partial charge in [0.15, 0.2) is 0 Å². The van der Waals surface area contributed by atoms with Crippen LogP contribution < -0.4 is 9.47 Å². The van der Waals surface area contributed by atoms with Gasteiger partial charge in [0.25, 0.3) is 0 Å². The first kappa shape index (κ1) is 14.8. The first-order valence-corrected chi connectivity index (χ1v) is 6.49. The second kappa shape index (κ2) is 7.28. The Labute approximate surface area is 123 Å². The van der Waals surface area contributed by atoms with Crippen molar-refractivity contribution in [3.8, 4) is 11.5 Å². The van der Waals surface area contributed by atoms with Gasteiger partial charge in [-0.1, -0.05) is 12.1 Å². The molecule has 5 heteroatoms. The van der Waals surface area contributed by atoms with Crippen molar-refractivity contribution in [2.75, 3.05) is 20.8 Å². The Morgan fingerprint density at radius 1 is 1.19 bits per heavy atom. The standard InChI is InChI=1S/C16H17NO4/c1-19-13-6-3-5-12(9-13)15(16(18)20-2)11-21-14-7-4-8-17-10-14/h3-10,15H,11H2,1-2H3. The average molecular weight is 287 g/mol. The number of carbonyl (C=O) groups excluding carboxylic acids is 1. The molecule has 0 aliphatic carbocycles. The maximum Gasteiger partial charge on any atom is 0.316 e. The largest absolute Gasteiger partial charge is 0.497 e. The second-order valence-electron chi connectivity index (χ2n) is 4.35. The Kier molecular flexibility index (Phi) is 5.15. The summed E-state index contributed by atoms with van der Waals surface area (Å²) in [5.41, 5.74) is 0.782.